The van der Waals surface area contributed by atoms with Crippen molar-refractivity contribution in [1.82, 2.24) is 10.2 Å². The number of nitrogens with zero attached hydrogens (tertiary/aromatic N) is 2. The Morgan fingerprint density at radius 1 is 0.822 bits per heavy atom. The highest BCUT2D eigenvalue weighted by Crippen LogP contribution is 2.35. The number of carbonyl (C=O) groups is 2. The summed E-state index contributed by atoms with van der Waals surface area (Å²) >= 11 is 12.9. The lowest BCUT2D eigenvalue weighted by atomic mass is 10.0. The maximum absolute atomic E-state index is 14.6. The summed E-state index contributed by atoms with van der Waals surface area (Å²) in [5.41, 5.74) is 2.10. The van der Waals surface area contributed by atoms with Gasteiger partial charge >= 0.3 is 0 Å². The molecule has 7 nitrogen and oxygen atoms in total. The largest absolute Gasteiger partial charge is 0.350 e. The molecule has 4 aromatic rings. The molecule has 236 valence electrons. The molecule has 0 aliphatic carbocycles. The van der Waals surface area contributed by atoms with Crippen LogP contribution in [0, 0.1) is 6.92 Å². The highest BCUT2D eigenvalue weighted by Gasteiger charge is 2.36. The van der Waals surface area contributed by atoms with E-state index in [2.05, 4.69) is 5.32 Å². The summed E-state index contributed by atoms with van der Waals surface area (Å²) in [6.07, 6.45) is 0.212. The van der Waals surface area contributed by atoms with Gasteiger partial charge in [0.25, 0.3) is 10.0 Å². The van der Waals surface area contributed by atoms with Gasteiger partial charge in [0, 0.05) is 18.5 Å². The number of sulfonamides is 1. The molecule has 0 aliphatic rings. The molecule has 0 fully saturated rings. The maximum Gasteiger partial charge on any atom is 0.264 e. The average Bonchev–Trinajstić information content (AvgIpc) is 2.99. The highest BCUT2D eigenvalue weighted by molar-refractivity contribution is 7.92. The van der Waals surface area contributed by atoms with Crippen LogP contribution in [0.1, 0.15) is 37.5 Å². The number of aryl methyl sites for hydroxylation is 1. The number of hydrogen-bond acceptors (Lipinski definition) is 4. The Morgan fingerprint density at radius 2 is 1.42 bits per heavy atom. The lowest BCUT2D eigenvalue weighted by Crippen LogP contribution is -2.56. The van der Waals surface area contributed by atoms with E-state index in [0.29, 0.717) is 0 Å². The third kappa shape index (κ3) is 8.87. The molecule has 2 amide bonds. The Hall–Kier alpha value is -3.85. The summed E-state index contributed by atoms with van der Waals surface area (Å²) in [7, 11) is -4.29. The minimum absolute atomic E-state index is 0.0111. The number of hydrogen-bond donors (Lipinski definition) is 1. The van der Waals surface area contributed by atoms with Crippen LogP contribution in [0.15, 0.2) is 108 Å². The van der Waals surface area contributed by atoms with Crippen LogP contribution in [0.4, 0.5) is 5.69 Å². The summed E-state index contributed by atoms with van der Waals surface area (Å²) in [6.45, 7) is 6.99. The predicted molar refractivity (Wildman–Crippen MR) is 181 cm³/mol. The van der Waals surface area contributed by atoms with Crippen molar-refractivity contribution in [3.8, 4) is 0 Å². The minimum atomic E-state index is -4.29. The van der Waals surface area contributed by atoms with Gasteiger partial charge in [-0.1, -0.05) is 108 Å². The molecule has 10 heteroatoms. The van der Waals surface area contributed by atoms with Crippen molar-refractivity contribution >= 4 is 50.7 Å². The monoisotopic (exact) mass is 665 g/mol. The Bertz CT molecular complexity index is 1740. The summed E-state index contributed by atoms with van der Waals surface area (Å²) in [5.74, 6) is -0.942. The molecule has 1 unspecified atom stereocenters. The van der Waals surface area contributed by atoms with Crippen molar-refractivity contribution in [3.63, 3.8) is 0 Å². The summed E-state index contributed by atoms with van der Waals surface area (Å²) in [4.78, 5) is 30.0. The van der Waals surface area contributed by atoms with Crippen LogP contribution < -0.4 is 9.62 Å². The standard InChI is InChI=1S/C35H37Cl2N3O4S/c1-25-13-11-16-27(21-25)23-39(31(34(42)38-35(2,3)4)22-26-14-7-5-8-15-26)32(41)24-40(30-20-12-19-29(36)33(30)37)45(43,44)28-17-9-6-10-18-28/h5-21,31H,22-24H2,1-4H3,(H,38,42). The van der Waals surface area contributed by atoms with Gasteiger partial charge in [0.1, 0.15) is 12.6 Å². The van der Waals surface area contributed by atoms with Crippen molar-refractivity contribution in [2.24, 2.45) is 0 Å². The Balaban J connectivity index is 1.84. The van der Waals surface area contributed by atoms with E-state index in [9.17, 15) is 18.0 Å². The molecule has 0 bridgehead atoms. The van der Waals surface area contributed by atoms with Crippen LogP contribution in [0.3, 0.4) is 0 Å². The third-order valence-electron chi connectivity index (χ3n) is 7.01. The first-order valence-electron chi connectivity index (χ1n) is 14.5. The fourth-order valence-corrected chi connectivity index (χ4v) is 6.83. The zero-order valence-corrected chi connectivity index (χ0v) is 28.0. The van der Waals surface area contributed by atoms with Crippen molar-refractivity contribution in [1.29, 1.82) is 0 Å². The molecule has 1 atom stereocenters. The molecule has 0 heterocycles. The predicted octanol–water partition coefficient (Wildman–Crippen LogP) is 7.05. The normalized spacial score (nSPS) is 12.3. The fraction of sp³-hybridized carbons (Fsp3) is 0.257. The van der Waals surface area contributed by atoms with Crippen LogP contribution >= 0.6 is 23.2 Å². The summed E-state index contributed by atoms with van der Waals surface area (Å²) in [6, 6.07) is 28.5. The van der Waals surface area contributed by atoms with Crippen molar-refractivity contribution in [2.75, 3.05) is 10.8 Å². The van der Waals surface area contributed by atoms with Crippen LogP contribution in [-0.4, -0.2) is 43.3 Å². The van der Waals surface area contributed by atoms with Gasteiger partial charge in [0.2, 0.25) is 11.8 Å². The first kappa shape index (κ1) is 34.0. The highest BCUT2D eigenvalue weighted by atomic mass is 35.5. The quantitative estimate of drug-likeness (QED) is 0.186. The molecule has 0 radical (unpaired) electrons. The van der Waals surface area contributed by atoms with Gasteiger partial charge in [-0.15, -0.1) is 0 Å². The van der Waals surface area contributed by atoms with Gasteiger partial charge in [-0.2, -0.15) is 0 Å². The lowest BCUT2D eigenvalue weighted by Gasteiger charge is -2.35. The van der Waals surface area contributed by atoms with Gasteiger partial charge < -0.3 is 10.2 Å². The zero-order chi connectivity index (χ0) is 32.8. The van der Waals surface area contributed by atoms with Gasteiger partial charge in [0.15, 0.2) is 0 Å². The second kappa shape index (κ2) is 14.5. The van der Waals surface area contributed by atoms with Crippen molar-refractivity contribution < 1.29 is 18.0 Å². The molecule has 0 saturated carbocycles. The second-order valence-electron chi connectivity index (χ2n) is 11.9. The molecular formula is C35H37Cl2N3O4S. The average molecular weight is 667 g/mol. The SMILES string of the molecule is Cc1cccc(CN(C(=O)CN(c2cccc(Cl)c2Cl)S(=O)(=O)c2ccccc2)C(Cc2ccccc2)C(=O)NC(C)(C)C)c1. The van der Waals surface area contributed by atoms with E-state index in [1.807, 2.05) is 82.3 Å². The van der Waals surface area contributed by atoms with Crippen LogP contribution in [0.2, 0.25) is 10.0 Å². The molecule has 0 aliphatic heterocycles. The number of benzene rings is 4. The molecule has 4 rings (SSSR count). The number of anilines is 1. The Kier molecular flexibility index (Phi) is 11.0. The first-order valence-corrected chi connectivity index (χ1v) is 16.7. The topological polar surface area (TPSA) is 86.8 Å². The van der Waals surface area contributed by atoms with Crippen LogP contribution in [0.25, 0.3) is 0 Å². The lowest BCUT2D eigenvalue weighted by molar-refractivity contribution is -0.140. The minimum Gasteiger partial charge on any atom is -0.350 e. The van der Waals surface area contributed by atoms with Crippen LogP contribution in [-0.2, 0) is 32.6 Å². The summed E-state index contributed by atoms with van der Waals surface area (Å²) in [5, 5.41) is 3.15. The smallest absolute Gasteiger partial charge is 0.264 e. The van der Waals surface area contributed by atoms with E-state index < -0.39 is 34.1 Å². The summed E-state index contributed by atoms with van der Waals surface area (Å²) < 4.78 is 29.2. The molecule has 0 saturated heterocycles. The maximum atomic E-state index is 14.6. The number of rotatable bonds is 11. The van der Waals surface area contributed by atoms with Gasteiger partial charge in [-0.25, -0.2) is 8.42 Å². The van der Waals surface area contributed by atoms with E-state index in [0.717, 1.165) is 21.0 Å². The Morgan fingerprint density at radius 3 is 2.04 bits per heavy atom. The molecule has 45 heavy (non-hydrogen) atoms. The van der Waals surface area contributed by atoms with Crippen molar-refractivity contribution in [3.05, 3.63) is 130 Å². The number of carbonyl (C=O) groups excluding carboxylic acids is 2. The first-order chi connectivity index (χ1) is 21.3. The number of amides is 2. The molecule has 1 N–H and O–H groups in total. The number of halogens is 2. The molecule has 0 spiro atoms. The Labute approximate surface area is 275 Å². The van der Waals surface area contributed by atoms with E-state index in [1.165, 1.54) is 23.1 Å². The zero-order valence-electron chi connectivity index (χ0n) is 25.7. The van der Waals surface area contributed by atoms with Crippen LogP contribution in [0.5, 0.6) is 0 Å². The van der Waals surface area contributed by atoms with Gasteiger partial charge in [0.05, 0.1) is 20.6 Å². The van der Waals surface area contributed by atoms with E-state index >= 15 is 0 Å². The van der Waals surface area contributed by atoms with E-state index in [-0.39, 0.29) is 39.5 Å². The molecule has 4 aromatic carbocycles. The third-order valence-corrected chi connectivity index (χ3v) is 9.60. The molecule has 0 aromatic heterocycles. The van der Waals surface area contributed by atoms with Gasteiger partial charge in [-0.05, 0) is 63.1 Å². The van der Waals surface area contributed by atoms with E-state index in [4.69, 9.17) is 23.2 Å². The fourth-order valence-electron chi connectivity index (χ4n) is 4.93. The second-order valence-corrected chi connectivity index (χ2v) is 14.5. The molecular weight excluding hydrogens is 629 g/mol. The van der Waals surface area contributed by atoms with Gasteiger partial charge in [-0.3, -0.25) is 13.9 Å². The number of nitrogens with one attached hydrogen (secondary N) is 1. The van der Waals surface area contributed by atoms with E-state index in [1.54, 1.807) is 30.3 Å². The van der Waals surface area contributed by atoms with Crippen molar-refractivity contribution in [2.45, 2.75) is 57.1 Å².